The number of fused-ring (bicyclic) bond motifs is 3. The van der Waals surface area contributed by atoms with Gasteiger partial charge in [0.1, 0.15) is 18.2 Å². The first-order chi connectivity index (χ1) is 16.4. The second kappa shape index (κ2) is 9.87. The monoisotopic (exact) mass is 464 g/mol. The van der Waals surface area contributed by atoms with Gasteiger partial charge in [-0.1, -0.05) is 61.9 Å². The van der Waals surface area contributed by atoms with E-state index in [0.717, 1.165) is 35.1 Å². The Hall–Kier alpha value is -3.35. The standard InChI is InChI=1S/C27H32N2O5/c1-3-10-23(24(30)29-16-9-8-15-27(29,2)25(31)32)28-26(33)34-17-22-20-13-6-4-11-18(20)19-12-5-7-14-21(19)22/h4-7,11-14,22-23H,3,8-10,15-17H2,1-2H3,(H,28,33)(H,31,32). The highest BCUT2D eigenvalue weighted by molar-refractivity contribution is 5.91. The van der Waals surface area contributed by atoms with Crippen molar-refractivity contribution in [2.24, 2.45) is 0 Å². The molecule has 2 aromatic rings. The quantitative estimate of drug-likeness (QED) is 0.627. The fourth-order valence-electron chi connectivity index (χ4n) is 5.21. The molecule has 7 nitrogen and oxygen atoms in total. The Morgan fingerprint density at radius 1 is 1.09 bits per heavy atom. The number of benzene rings is 2. The minimum absolute atomic E-state index is 0.0733. The SMILES string of the molecule is CCCC(NC(=O)OCC1c2ccccc2-c2ccccc21)C(=O)N1CCCCC1(C)C(=O)O. The number of aliphatic carboxylic acids is 1. The molecule has 1 aliphatic carbocycles. The summed E-state index contributed by atoms with van der Waals surface area (Å²) in [6, 6.07) is 15.4. The van der Waals surface area contributed by atoms with Crippen LogP contribution in [0.15, 0.2) is 48.5 Å². The summed E-state index contributed by atoms with van der Waals surface area (Å²) in [7, 11) is 0. The van der Waals surface area contributed by atoms with Gasteiger partial charge in [-0.15, -0.1) is 0 Å². The molecule has 1 aliphatic heterocycles. The lowest BCUT2D eigenvalue weighted by molar-refractivity contribution is -0.161. The van der Waals surface area contributed by atoms with Gasteiger partial charge in [0.2, 0.25) is 5.91 Å². The average Bonchev–Trinajstić information content (AvgIpc) is 3.16. The van der Waals surface area contributed by atoms with Crippen molar-refractivity contribution in [1.82, 2.24) is 10.2 Å². The Kier molecular flexibility index (Phi) is 6.91. The van der Waals surface area contributed by atoms with Gasteiger partial charge >= 0.3 is 12.1 Å². The lowest BCUT2D eigenvalue weighted by atomic mass is 9.87. The predicted molar refractivity (Wildman–Crippen MR) is 129 cm³/mol. The summed E-state index contributed by atoms with van der Waals surface area (Å²) in [5.74, 6) is -1.45. The molecule has 2 atom stereocenters. The van der Waals surface area contributed by atoms with E-state index in [1.165, 1.54) is 4.90 Å². The summed E-state index contributed by atoms with van der Waals surface area (Å²) in [6.07, 6.45) is 2.32. The van der Waals surface area contributed by atoms with E-state index in [0.29, 0.717) is 25.8 Å². The van der Waals surface area contributed by atoms with Crippen LogP contribution in [0.25, 0.3) is 11.1 Å². The second-order valence-corrected chi connectivity index (χ2v) is 9.34. The maximum absolute atomic E-state index is 13.3. The zero-order valence-corrected chi connectivity index (χ0v) is 19.8. The van der Waals surface area contributed by atoms with E-state index in [4.69, 9.17) is 4.74 Å². The Bertz CT molecular complexity index is 1040. The van der Waals surface area contributed by atoms with Crippen molar-refractivity contribution in [3.63, 3.8) is 0 Å². The number of ether oxygens (including phenoxy) is 1. The van der Waals surface area contributed by atoms with Crippen LogP contribution in [-0.2, 0) is 14.3 Å². The number of carbonyl (C=O) groups is 3. The molecule has 4 rings (SSSR count). The van der Waals surface area contributed by atoms with E-state index in [-0.39, 0.29) is 18.4 Å². The number of amides is 2. The largest absolute Gasteiger partial charge is 0.480 e. The van der Waals surface area contributed by atoms with E-state index in [2.05, 4.69) is 17.4 Å². The van der Waals surface area contributed by atoms with Crippen LogP contribution in [0.4, 0.5) is 4.79 Å². The molecule has 2 N–H and O–H groups in total. The molecular weight excluding hydrogens is 432 g/mol. The molecule has 0 bridgehead atoms. The van der Waals surface area contributed by atoms with E-state index < -0.39 is 23.6 Å². The Balaban J connectivity index is 1.45. The highest BCUT2D eigenvalue weighted by atomic mass is 16.5. The molecule has 0 spiro atoms. The third kappa shape index (κ3) is 4.39. The van der Waals surface area contributed by atoms with Crippen LogP contribution in [-0.4, -0.2) is 52.7 Å². The highest BCUT2D eigenvalue weighted by Gasteiger charge is 2.45. The first-order valence-electron chi connectivity index (χ1n) is 12.0. The maximum Gasteiger partial charge on any atom is 0.407 e. The van der Waals surface area contributed by atoms with E-state index in [1.807, 2.05) is 43.3 Å². The van der Waals surface area contributed by atoms with Crippen LogP contribution in [0.2, 0.25) is 0 Å². The fraction of sp³-hybridized carbons (Fsp3) is 0.444. The number of piperidine rings is 1. The molecule has 0 saturated carbocycles. The smallest absolute Gasteiger partial charge is 0.407 e. The molecule has 0 radical (unpaired) electrons. The summed E-state index contributed by atoms with van der Waals surface area (Å²) in [4.78, 5) is 39.5. The molecule has 1 fully saturated rings. The molecule has 180 valence electrons. The van der Waals surface area contributed by atoms with Gasteiger partial charge in [0.15, 0.2) is 0 Å². The topological polar surface area (TPSA) is 95.9 Å². The van der Waals surface area contributed by atoms with Gasteiger partial charge in [-0.3, -0.25) is 4.79 Å². The predicted octanol–water partition coefficient (Wildman–Crippen LogP) is 4.55. The van der Waals surface area contributed by atoms with Crippen molar-refractivity contribution in [2.75, 3.05) is 13.2 Å². The number of hydrogen-bond donors (Lipinski definition) is 2. The molecule has 34 heavy (non-hydrogen) atoms. The van der Waals surface area contributed by atoms with Crippen LogP contribution < -0.4 is 5.32 Å². The first kappa shape index (κ1) is 23.8. The Morgan fingerprint density at radius 2 is 1.71 bits per heavy atom. The molecule has 2 amide bonds. The lowest BCUT2D eigenvalue weighted by Crippen LogP contribution is -2.61. The third-order valence-electron chi connectivity index (χ3n) is 7.13. The fourth-order valence-corrected chi connectivity index (χ4v) is 5.21. The van der Waals surface area contributed by atoms with Gasteiger partial charge < -0.3 is 20.1 Å². The molecule has 7 heteroatoms. The van der Waals surface area contributed by atoms with Gasteiger partial charge in [0, 0.05) is 12.5 Å². The van der Waals surface area contributed by atoms with Gasteiger partial charge in [-0.2, -0.15) is 0 Å². The molecule has 2 aromatic carbocycles. The number of hydrogen-bond acceptors (Lipinski definition) is 4. The number of alkyl carbamates (subject to hydrolysis) is 1. The normalized spacial score (nSPS) is 20.2. The molecular formula is C27H32N2O5. The maximum atomic E-state index is 13.3. The van der Waals surface area contributed by atoms with E-state index in [1.54, 1.807) is 6.92 Å². The first-order valence-corrected chi connectivity index (χ1v) is 12.0. The van der Waals surface area contributed by atoms with Crippen molar-refractivity contribution in [3.05, 3.63) is 59.7 Å². The summed E-state index contributed by atoms with van der Waals surface area (Å²) in [6.45, 7) is 4.03. The molecule has 2 unspecified atom stereocenters. The molecule has 1 heterocycles. The minimum Gasteiger partial charge on any atom is -0.480 e. The zero-order chi connectivity index (χ0) is 24.3. The molecule has 0 aromatic heterocycles. The highest BCUT2D eigenvalue weighted by Crippen LogP contribution is 2.44. The van der Waals surface area contributed by atoms with Crippen LogP contribution in [0.5, 0.6) is 0 Å². The number of rotatable bonds is 7. The van der Waals surface area contributed by atoms with Crippen LogP contribution >= 0.6 is 0 Å². The number of nitrogens with zero attached hydrogens (tertiary/aromatic N) is 1. The summed E-state index contributed by atoms with van der Waals surface area (Å²) in [5, 5.41) is 12.5. The summed E-state index contributed by atoms with van der Waals surface area (Å²) in [5.41, 5.74) is 3.25. The van der Waals surface area contributed by atoms with Gasteiger partial charge in [-0.25, -0.2) is 9.59 Å². The van der Waals surface area contributed by atoms with Crippen LogP contribution in [0, 0.1) is 0 Å². The number of carboxylic acid groups (broad SMARTS) is 1. The van der Waals surface area contributed by atoms with Gasteiger partial charge in [0.05, 0.1) is 0 Å². The number of carboxylic acids is 1. The van der Waals surface area contributed by atoms with Gasteiger partial charge in [0.25, 0.3) is 0 Å². The minimum atomic E-state index is -1.26. The summed E-state index contributed by atoms with van der Waals surface area (Å²) < 4.78 is 5.62. The van der Waals surface area contributed by atoms with Crippen molar-refractivity contribution in [2.45, 2.75) is 63.5 Å². The zero-order valence-electron chi connectivity index (χ0n) is 19.8. The van der Waals surface area contributed by atoms with Crippen molar-refractivity contribution >= 4 is 18.0 Å². The summed E-state index contributed by atoms with van der Waals surface area (Å²) >= 11 is 0. The Labute approximate surface area is 200 Å². The van der Waals surface area contributed by atoms with Crippen LogP contribution in [0.1, 0.15) is 63.0 Å². The lowest BCUT2D eigenvalue weighted by Gasteiger charge is -2.43. The van der Waals surface area contributed by atoms with Crippen LogP contribution in [0.3, 0.4) is 0 Å². The van der Waals surface area contributed by atoms with Crippen molar-refractivity contribution < 1.29 is 24.2 Å². The molecule has 2 aliphatic rings. The number of likely N-dealkylation sites (tertiary alicyclic amines) is 1. The van der Waals surface area contributed by atoms with Gasteiger partial charge in [-0.05, 0) is 54.9 Å². The Morgan fingerprint density at radius 3 is 2.29 bits per heavy atom. The van der Waals surface area contributed by atoms with Crippen molar-refractivity contribution in [1.29, 1.82) is 0 Å². The van der Waals surface area contributed by atoms with E-state index >= 15 is 0 Å². The van der Waals surface area contributed by atoms with Crippen molar-refractivity contribution in [3.8, 4) is 11.1 Å². The third-order valence-corrected chi connectivity index (χ3v) is 7.13. The molecule has 1 saturated heterocycles. The average molecular weight is 465 g/mol. The number of carbonyl (C=O) groups excluding carboxylic acids is 2. The van der Waals surface area contributed by atoms with E-state index in [9.17, 15) is 19.5 Å². The second-order valence-electron chi connectivity index (χ2n) is 9.34. The number of nitrogens with one attached hydrogen (secondary N) is 1.